The summed E-state index contributed by atoms with van der Waals surface area (Å²) >= 11 is 1.90. The van der Waals surface area contributed by atoms with E-state index in [1.807, 2.05) is 11.3 Å². The lowest BCUT2D eigenvalue weighted by atomic mass is 10.0. The summed E-state index contributed by atoms with van der Waals surface area (Å²) in [5.74, 6) is 0.912. The number of pyridine rings is 1. The van der Waals surface area contributed by atoms with Crippen molar-refractivity contribution in [1.29, 1.82) is 0 Å². The van der Waals surface area contributed by atoms with Crippen LogP contribution in [0, 0.1) is 0 Å². The van der Waals surface area contributed by atoms with Crippen molar-refractivity contribution < 1.29 is 0 Å². The van der Waals surface area contributed by atoms with Gasteiger partial charge in [-0.15, -0.1) is 11.3 Å². The third kappa shape index (κ3) is 3.69. The van der Waals surface area contributed by atoms with E-state index in [-0.39, 0.29) is 0 Å². The van der Waals surface area contributed by atoms with Gasteiger partial charge >= 0.3 is 0 Å². The van der Waals surface area contributed by atoms with Gasteiger partial charge in [0, 0.05) is 52.8 Å². The highest BCUT2D eigenvalue weighted by Gasteiger charge is 2.27. The van der Waals surface area contributed by atoms with Crippen molar-refractivity contribution in [2.45, 2.75) is 0 Å². The molecule has 4 heterocycles. The molecular weight excluding hydrogens is 615 g/mol. The van der Waals surface area contributed by atoms with Gasteiger partial charge in [0.1, 0.15) is 5.82 Å². The van der Waals surface area contributed by atoms with Gasteiger partial charge in [-0.2, -0.15) is 0 Å². The molecule has 0 spiro atoms. The van der Waals surface area contributed by atoms with Gasteiger partial charge in [0.15, 0.2) is 0 Å². The fraction of sp³-hybridized carbons (Fsp3) is 0. The molecule has 0 aliphatic rings. The van der Waals surface area contributed by atoms with Crippen LogP contribution in [0.4, 0.5) is 0 Å². The molecule has 0 radical (unpaired) electrons. The highest BCUT2D eigenvalue weighted by atomic mass is 32.1. The molecule has 0 N–H and O–H groups in total. The van der Waals surface area contributed by atoms with Gasteiger partial charge < -0.3 is 4.57 Å². The maximum absolute atomic E-state index is 5.45. The molecular formula is C45H27N3S. The van der Waals surface area contributed by atoms with E-state index in [0.29, 0.717) is 0 Å². The molecule has 0 bridgehead atoms. The van der Waals surface area contributed by atoms with Crippen LogP contribution in [0.1, 0.15) is 0 Å². The van der Waals surface area contributed by atoms with Crippen LogP contribution in [0.5, 0.6) is 0 Å². The van der Waals surface area contributed by atoms with Crippen molar-refractivity contribution in [3.63, 3.8) is 0 Å². The zero-order chi connectivity index (χ0) is 32.1. The summed E-state index contributed by atoms with van der Waals surface area (Å²) in [6.07, 6.45) is 0. The predicted octanol–water partition coefficient (Wildman–Crippen LogP) is 12.5. The van der Waals surface area contributed by atoms with Crippen molar-refractivity contribution in [2.24, 2.45) is 0 Å². The smallest absolute Gasteiger partial charge is 0.139 e. The van der Waals surface area contributed by atoms with Crippen LogP contribution >= 0.6 is 11.3 Å². The Bertz CT molecular complexity index is 3090. The Morgan fingerprint density at radius 3 is 1.80 bits per heavy atom. The number of aromatic nitrogens is 3. The van der Waals surface area contributed by atoms with E-state index in [4.69, 9.17) is 4.98 Å². The SMILES string of the molecule is c1ccc(-c2cc(-n3c4ccccc4c4c5sc6ccccc6c5c5c6ccccc6n(-c6ccccc6)c5c43)nc3ccccc23)cc1. The first-order valence-corrected chi connectivity index (χ1v) is 17.5. The number of rotatable bonds is 3. The summed E-state index contributed by atoms with van der Waals surface area (Å²) < 4.78 is 7.54. The van der Waals surface area contributed by atoms with Gasteiger partial charge in [0.25, 0.3) is 0 Å². The van der Waals surface area contributed by atoms with E-state index in [9.17, 15) is 0 Å². The Kier molecular flexibility index (Phi) is 5.54. The van der Waals surface area contributed by atoms with Gasteiger partial charge in [-0.05, 0) is 53.6 Å². The molecule has 0 aliphatic heterocycles. The second kappa shape index (κ2) is 10.1. The lowest BCUT2D eigenvalue weighted by Gasteiger charge is -2.15. The number of nitrogens with zero attached hydrogens (tertiary/aromatic N) is 3. The lowest BCUT2D eigenvalue weighted by Crippen LogP contribution is -2.01. The number of fused-ring (bicyclic) bond motifs is 13. The van der Waals surface area contributed by atoms with E-state index < -0.39 is 0 Å². The van der Waals surface area contributed by atoms with E-state index in [1.165, 1.54) is 69.4 Å². The van der Waals surface area contributed by atoms with Gasteiger partial charge in [-0.3, -0.25) is 4.57 Å². The summed E-state index contributed by atoms with van der Waals surface area (Å²) in [4.78, 5) is 5.45. The zero-order valence-electron chi connectivity index (χ0n) is 26.3. The second-order valence-electron chi connectivity index (χ2n) is 12.7. The molecule has 3 nitrogen and oxygen atoms in total. The van der Waals surface area contributed by atoms with E-state index >= 15 is 0 Å². The van der Waals surface area contributed by atoms with Crippen molar-refractivity contribution in [3.8, 4) is 22.6 Å². The molecule has 11 rings (SSSR count). The third-order valence-electron chi connectivity index (χ3n) is 10.1. The Balaban J connectivity index is 1.45. The molecule has 0 saturated heterocycles. The van der Waals surface area contributed by atoms with Crippen molar-refractivity contribution in [3.05, 3.63) is 164 Å². The highest BCUT2D eigenvalue weighted by Crippen LogP contribution is 2.51. The average molecular weight is 642 g/mol. The van der Waals surface area contributed by atoms with Gasteiger partial charge in [0.2, 0.25) is 0 Å². The fourth-order valence-corrected chi connectivity index (χ4v) is 9.37. The molecule has 0 unspecified atom stereocenters. The quantitative estimate of drug-likeness (QED) is 0.188. The third-order valence-corrected chi connectivity index (χ3v) is 11.3. The van der Waals surface area contributed by atoms with Gasteiger partial charge in [-0.1, -0.05) is 121 Å². The number of para-hydroxylation sites is 4. The molecule has 0 fully saturated rings. The van der Waals surface area contributed by atoms with Crippen LogP contribution in [0.2, 0.25) is 0 Å². The standard InChI is InChI=1S/C45H27N3S/c1-3-15-28(16-4-1)34-27-39(46-35-23-11-7-19-30(34)35)48-37-25-13-9-21-32(37)42-44(48)43-40(41-33-22-10-14-26-38(33)49-45(41)42)31-20-8-12-24-36(31)47(43)29-17-5-2-6-18-29/h1-27H. The molecule has 0 amide bonds. The molecule has 11 aromatic rings. The van der Waals surface area contributed by atoms with Crippen molar-refractivity contribution >= 4 is 86.0 Å². The first-order valence-electron chi connectivity index (χ1n) is 16.7. The van der Waals surface area contributed by atoms with Crippen LogP contribution in [0.25, 0.3) is 97.3 Å². The Hall–Kier alpha value is -6.23. The minimum Gasteiger partial charge on any atom is -0.307 e. The summed E-state index contributed by atoms with van der Waals surface area (Å²) in [6, 6.07) is 59.0. The molecule has 0 saturated carbocycles. The van der Waals surface area contributed by atoms with E-state index in [2.05, 4.69) is 173 Å². The summed E-state index contributed by atoms with van der Waals surface area (Å²) in [5, 5.41) is 8.82. The van der Waals surface area contributed by atoms with E-state index in [1.54, 1.807) is 0 Å². The maximum Gasteiger partial charge on any atom is 0.139 e. The monoisotopic (exact) mass is 641 g/mol. The average Bonchev–Trinajstić information content (AvgIpc) is 3.83. The summed E-state index contributed by atoms with van der Waals surface area (Å²) in [5.41, 5.74) is 9.20. The Morgan fingerprint density at radius 2 is 1.02 bits per heavy atom. The van der Waals surface area contributed by atoms with Crippen LogP contribution in [-0.2, 0) is 0 Å². The first-order chi connectivity index (χ1) is 24.3. The number of hydrogen-bond donors (Lipinski definition) is 0. The molecule has 0 aliphatic carbocycles. The zero-order valence-corrected chi connectivity index (χ0v) is 27.2. The molecule has 0 atom stereocenters. The molecule has 49 heavy (non-hydrogen) atoms. The number of benzene rings is 7. The second-order valence-corrected chi connectivity index (χ2v) is 13.8. The van der Waals surface area contributed by atoms with Crippen LogP contribution in [0.15, 0.2) is 164 Å². The predicted molar refractivity (Wildman–Crippen MR) is 209 cm³/mol. The first kappa shape index (κ1) is 26.8. The summed E-state index contributed by atoms with van der Waals surface area (Å²) in [7, 11) is 0. The molecule has 4 aromatic heterocycles. The van der Waals surface area contributed by atoms with Crippen LogP contribution < -0.4 is 0 Å². The van der Waals surface area contributed by atoms with Gasteiger partial charge in [-0.25, -0.2) is 4.98 Å². The lowest BCUT2D eigenvalue weighted by molar-refractivity contribution is 1.10. The van der Waals surface area contributed by atoms with Crippen molar-refractivity contribution in [1.82, 2.24) is 14.1 Å². The number of hydrogen-bond acceptors (Lipinski definition) is 2. The molecule has 4 heteroatoms. The molecule has 7 aromatic carbocycles. The van der Waals surface area contributed by atoms with Crippen LogP contribution in [0.3, 0.4) is 0 Å². The maximum atomic E-state index is 5.45. The van der Waals surface area contributed by atoms with Gasteiger partial charge in [0.05, 0.1) is 27.6 Å². The Labute approximate surface area is 285 Å². The minimum atomic E-state index is 0.912. The van der Waals surface area contributed by atoms with Crippen LogP contribution in [-0.4, -0.2) is 14.1 Å². The highest BCUT2D eigenvalue weighted by molar-refractivity contribution is 7.27. The van der Waals surface area contributed by atoms with Crippen molar-refractivity contribution in [2.75, 3.05) is 0 Å². The fourth-order valence-electron chi connectivity index (χ4n) is 8.10. The topological polar surface area (TPSA) is 22.8 Å². The number of thiophene rings is 1. The largest absolute Gasteiger partial charge is 0.307 e. The minimum absolute atomic E-state index is 0.912. The Morgan fingerprint density at radius 1 is 0.449 bits per heavy atom. The normalized spacial score (nSPS) is 12.1. The summed E-state index contributed by atoms with van der Waals surface area (Å²) in [6.45, 7) is 0. The molecule has 228 valence electrons. The van der Waals surface area contributed by atoms with E-state index in [0.717, 1.165) is 27.9 Å².